The molecule has 5 rings (SSSR count). The van der Waals surface area contributed by atoms with Crippen molar-refractivity contribution in [1.82, 2.24) is 19.7 Å². The number of carboxylic acid groups (broad SMARTS) is 1. The molecule has 7 nitrogen and oxygen atoms in total. The van der Waals surface area contributed by atoms with Crippen molar-refractivity contribution in [2.24, 2.45) is 5.92 Å². The van der Waals surface area contributed by atoms with Gasteiger partial charge < -0.3 is 14.7 Å². The maximum Gasteiger partial charge on any atom is 0.354 e. The number of benzene rings is 1. The van der Waals surface area contributed by atoms with Gasteiger partial charge in [-0.05, 0) is 63.9 Å². The Balaban J connectivity index is 1.54. The number of fused-ring (bicyclic) bond motifs is 1. The van der Waals surface area contributed by atoms with Crippen molar-refractivity contribution in [2.45, 2.75) is 44.2 Å². The molecule has 1 aliphatic heterocycles. The number of halogens is 1. The molecule has 0 unspecified atom stereocenters. The third-order valence-electron chi connectivity index (χ3n) is 7.01. The Bertz CT molecular complexity index is 1140. The quantitative estimate of drug-likeness (QED) is 0.571. The van der Waals surface area contributed by atoms with Crippen molar-refractivity contribution < 1.29 is 19.0 Å². The Kier molecular flexibility index (Phi) is 6.01. The SMILES string of the molecule is CN1CCC([C@@H](F)COc2cc(C(=O)O)nc3c2c(C2CCC2)nn3-c2ccccc2)CC1. The van der Waals surface area contributed by atoms with Gasteiger partial charge in [-0.1, -0.05) is 24.6 Å². The lowest BCUT2D eigenvalue weighted by atomic mass is 9.82. The van der Waals surface area contributed by atoms with Gasteiger partial charge in [-0.2, -0.15) is 5.10 Å². The number of hydrogen-bond acceptors (Lipinski definition) is 5. The fourth-order valence-corrected chi connectivity index (χ4v) is 4.74. The summed E-state index contributed by atoms with van der Waals surface area (Å²) in [5, 5.41) is 15.2. The van der Waals surface area contributed by atoms with E-state index in [1.165, 1.54) is 6.07 Å². The third-order valence-corrected chi connectivity index (χ3v) is 7.01. The van der Waals surface area contributed by atoms with Crippen LogP contribution in [-0.2, 0) is 0 Å². The average molecular weight is 453 g/mol. The Hall–Kier alpha value is -3.00. The molecule has 1 aliphatic carbocycles. The van der Waals surface area contributed by atoms with Gasteiger partial charge in [-0.3, -0.25) is 0 Å². The summed E-state index contributed by atoms with van der Waals surface area (Å²) < 4.78 is 22.8. The number of hydrogen-bond donors (Lipinski definition) is 1. The van der Waals surface area contributed by atoms with Gasteiger partial charge >= 0.3 is 5.97 Å². The molecule has 33 heavy (non-hydrogen) atoms. The number of likely N-dealkylation sites (tertiary alicyclic amines) is 1. The predicted octanol–water partition coefficient (Wildman–Crippen LogP) is 4.44. The second-order valence-corrected chi connectivity index (χ2v) is 9.24. The molecule has 1 saturated heterocycles. The number of piperidine rings is 1. The first-order valence-electron chi connectivity index (χ1n) is 11.7. The zero-order valence-corrected chi connectivity index (χ0v) is 18.8. The van der Waals surface area contributed by atoms with Gasteiger partial charge in [-0.15, -0.1) is 0 Å². The molecule has 0 radical (unpaired) electrons. The summed E-state index contributed by atoms with van der Waals surface area (Å²) in [6, 6.07) is 11.0. The second-order valence-electron chi connectivity index (χ2n) is 9.24. The number of nitrogens with zero attached hydrogens (tertiary/aromatic N) is 4. The summed E-state index contributed by atoms with van der Waals surface area (Å²) in [7, 11) is 2.05. The number of rotatable bonds is 7. The van der Waals surface area contributed by atoms with E-state index in [4.69, 9.17) is 9.84 Å². The predicted molar refractivity (Wildman–Crippen MR) is 123 cm³/mol. The first kappa shape index (κ1) is 21.8. The maximum atomic E-state index is 15.1. The normalized spacial score (nSPS) is 18.8. The highest BCUT2D eigenvalue weighted by atomic mass is 19.1. The zero-order valence-electron chi connectivity index (χ0n) is 18.8. The number of pyridine rings is 1. The fraction of sp³-hybridized carbons (Fsp3) is 0.480. The third kappa shape index (κ3) is 4.31. The monoisotopic (exact) mass is 452 g/mol. The number of carbonyl (C=O) groups is 1. The van der Waals surface area contributed by atoms with Gasteiger partial charge in [0.25, 0.3) is 0 Å². The van der Waals surface area contributed by atoms with E-state index in [1.54, 1.807) is 4.68 Å². The standard InChI is InChI=1S/C25H29FN4O3/c1-29-12-10-16(11-13-29)19(26)15-33-21-14-20(25(31)32)27-24-22(21)23(17-6-5-7-17)28-30(24)18-8-3-2-4-9-18/h2-4,8-9,14,16-17,19H,5-7,10-13,15H2,1H3,(H,31,32)/t19-/m0/s1. The van der Waals surface area contributed by atoms with Crippen molar-refractivity contribution in [3.8, 4) is 11.4 Å². The topological polar surface area (TPSA) is 80.5 Å². The smallest absolute Gasteiger partial charge is 0.354 e. The van der Waals surface area contributed by atoms with Crippen molar-refractivity contribution in [1.29, 1.82) is 0 Å². The molecule has 3 aromatic rings. The lowest BCUT2D eigenvalue weighted by Gasteiger charge is -2.30. The molecule has 1 aromatic carbocycles. The summed E-state index contributed by atoms with van der Waals surface area (Å²) in [4.78, 5) is 18.5. The van der Waals surface area contributed by atoms with Crippen LogP contribution >= 0.6 is 0 Å². The maximum absolute atomic E-state index is 15.1. The van der Waals surface area contributed by atoms with E-state index in [1.807, 2.05) is 37.4 Å². The molecule has 0 spiro atoms. The summed E-state index contributed by atoms with van der Waals surface area (Å²) in [5.41, 5.74) is 1.95. The van der Waals surface area contributed by atoms with E-state index in [0.29, 0.717) is 16.8 Å². The van der Waals surface area contributed by atoms with Gasteiger partial charge in [0.15, 0.2) is 11.3 Å². The zero-order chi connectivity index (χ0) is 22.9. The van der Waals surface area contributed by atoms with Crippen LogP contribution in [0.25, 0.3) is 16.7 Å². The van der Waals surface area contributed by atoms with E-state index in [-0.39, 0.29) is 24.1 Å². The van der Waals surface area contributed by atoms with Crippen LogP contribution in [0.1, 0.15) is 54.2 Å². The molecule has 2 fully saturated rings. The molecule has 2 aromatic heterocycles. The van der Waals surface area contributed by atoms with Gasteiger partial charge in [0.2, 0.25) is 0 Å². The van der Waals surface area contributed by atoms with Crippen molar-refractivity contribution >= 4 is 17.0 Å². The minimum Gasteiger partial charge on any atom is -0.490 e. The van der Waals surface area contributed by atoms with Crippen LogP contribution in [0.2, 0.25) is 0 Å². The number of ether oxygens (including phenoxy) is 1. The van der Waals surface area contributed by atoms with Crippen LogP contribution in [0.15, 0.2) is 36.4 Å². The van der Waals surface area contributed by atoms with Gasteiger partial charge in [-0.25, -0.2) is 18.9 Å². The highest BCUT2D eigenvalue weighted by Gasteiger charge is 2.31. The Morgan fingerprint density at radius 3 is 2.58 bits per heavy atom. The molecule has 174 valence electrons. The number of para-hydroxylation sites is 1. The minimum absolute atomic E-state index is 0.0457. The highest BCUT2D eigenvalue weighted by molar-refractivity contribution is 5.94. The molecular weight excluding hydrogens is 423 g/mol. The first-order chi connectivity index (χ1) is 16.0. The minimum atomic E-state index is -1.15. The van der Waals surface area contributed by atoms with Crippen molar-refractivity contribution in [3.05, 3.63) is 47.8 Å². The van der Waals surface area contributed by atoms with Crippen LogP contribution in [-0.4, -0.2) is 63.7 Å². The summed E-state index contributed by atoms with van der Waals surface area (Å²) in [6.45, 7) is 1.65. The molecule has 2 aliphatic rings. The van der Waals surface area contributed by atoms with Crippen molar-refractivity contribution in [2.75, 3.05) is 26.7 Å². The van der Waals surface area contributed by atoms with Crippen molar-refractivity contribution in [3.63, 3.8) is 0 Å². The fourth-order valence-electron chi connectivity index (χ4n) is 4.74. The summed E-state index contributed by atoms with van der Waals surface area (Å²) >= 11 is 0. The number of aromatic carboxylic acids is 1. The Morgan fingerprint density at radius 1 is 1.21 bits per heavy atom. The summed E-state index contributed by atoms with van der Waals surface area (Å²) in [5.74, 6) is -0.570. The summed E-state index contributed by atoms with van der Waals surface area (Å²) in [6.07, 6.45) is 3.65. The largest absolute Gasteiger partial charge is 0.490 e. The van der Waals surface area contributed by atoms with E-state index in [0.717, 1.165) is 56.6 Å². The van der Waals surface area contributed by atoms with E-state index in [2.05, 4.69) is 9.88 Å². The Morgan fingerprint density at radius 2 is 1.94 bits per heavy atom. The lowest BCUT2D eigenvalue weighted by Crippen LogP contribution is -2.36. The van der Waals surface area contributed by atoms with E-state index >= 15 is 4.39 Å². The van der Waals surface area contributed by atoms with E-state index in [9.17, 15) is 9.90 Å². The van der Waals surface area contributed by atoms with Crippen LogP contribution in [0.4, 0.5) is 4.39 Å². The van der Waals surface area contributed by atoms with Crippen LogP contribution in [0.3, 0.4) is 0 Å². The van der Waals surface area contributed by atoms with Gasteiger partial charge in [0, 0.05) is 12.0 Å². The number of alkyl halides is 1. The average Bonchev–Trinajstić information content (AvgIpc) is 3.16. The van der Waals surface area contributed by atoms with Gasteiger partial charge in [0.1, 0.15) is 18.5 Å². The molecular formula is C25H29FN4O3. The van der Waals surface area contributed by atoms with Gasteiger partial charge in [0.05, 0.1) is 16.8 Å². The first-order valence-corrected chi connectivity index (χ1v) is 11.7. The Labute approximate surface area is 192 Å². The molecule has 0 bridgehead atoms. The molecule has 8 heteroatoms. The second kappa shape index (κ2) is 9.09. The molecule has 3 heterocycles. The van der Waals surface area contributed by atoms with E-state index < -0.39 is 12.1 Å². The number of aromatic nitrogens is 3. The highest BCUT2D eigenvalue weighted by Crippen LogP contribution is 2.42. The molecule has 0 amide bonds. The molecule has 1 atom stereocenters. The van der Waals surface area contributed by atoms with Crippen LogP contribution in [0, 0.1) is 5.92 Å². The molecule has 1 N–H and O–H groups in total. The molecule has 1 saturated carbocycles. The lowest BCUT2D eigenvalue weighted by molar-refractivity contribution is 0.0689. The van der Waals surface area contributed by atoms with Crippen LogP contribution < -0.4 is 4.74 Å². The van der Waals surface area contributed by atoms with Crippen LogP contribution in [0.5, 0.6) is 5.75 Å². The number of carboxylic acids is 1.